The van der Waals surface area contributed by atoms with Crippen LogP contribution in [0.25, 0.3) is 0 Å². The summed E-state index contributed by atoms with van der Waals surface area (Å²) in [7, 11) is 0. The molecule has 5 nitrogen and oxygen atoms in total. The van der Waals surface area contributed by atoms with E-state index < -0.39 is 0 Å². The fraction of sp³-hybridized carbons (Fsp3) is 0.500. The molecule has 1 aliphatic rings. The van der Waals surface area contributed by atoms with Crippen LogP contribution in [0.1, 0.15) is 31.4 Å². The lowest BCUT2D eigenvalue weighted by atomic mass is 9.94. The highest BCUT2D eigenvalue weighted by atomic mass is 16.5. The second-order valence-electron chi connectivity index (χ2n) is 5.25. The molecule has 21 heavy (non-hydrogen) atoms. The van der Waals surface area contributed by atoms with Crippen molar-refractivity contribution in [2.75, 3.05) is 19.7 Å². The SMILES string of the molecule is CCOc1ccc(C(C#N)N2CCC(C(N)=O)CC2)cc1. The molecule has 1 heterocycles. The van der Waals surface area contributed by atoms with E-state index >= 15 is 0 Å². The Bertz CT molecular complexity index is 513. The van der Waals surface area contributed by atoms with Crippen LogP contribution >= 0.6 is 0 Å². The number of carbonyl (C=O) groups is 1. The lowest BCUT2D eigenvalue weighted by Gasteiger charge is -2.33. The normalized spacial score (nSPS) is 17.9. The van der Waals surface area contributed by atoms with E-state index in [0.29, 0.717) is 6.61 Å². The lowest BCUT2D eigenvalue weighted by Crippen LogP contribution is -2.40. The van der Waals surface area contributed by atoms with Gasteiger partial charge in [0.1, 0.15) is 11.8 Å². The molecule has 2 N–H and O–H groups in total. The second kappa shape index (κ2) is 7.09. The zero-order valence-corrected chi connectivity index (χ0v) is 12.3. The summed E-state index contributed by atoms with van der Waals surface area (Å²) in [4.78, 5) is 13.3. The van der Waals surface area contributed by atoms with E-state index in [1.165, 1.54) is 0 Å². The summed E-state index contributed by atoms with van der Waals surface area (Å²) in [5.41, 5.74) is 6.30. The Hall–Kier alpha value is -2.06. The molecule has 0 aliphatic carbocycles. The summed E-state index contributed by atoms with van der Waals surface area (Å²) in [5, 5.41) is 9.46. The molecule has 0 aromatic heterocycles. The first-order valence-electron chi connectivity index (χ1n) is 7.31. The summed E-state index contributed by atoms with van der Waals surface area (Å²) in [5.74, 6) is 0.524. The Morgan fingerprint density at radius 3 is 2.52 bits per heavy atom. The third-order valence-corrected chi connectivity index (χ3v) is 3.93. The van der Waals surface area contributed by atoms with E-state index in [9.17, 15) is 10.1 Å². The molecule has 5 heteroatoms. The van der Waals surface area contributed by atoms with Crippen LogP contribution < -0.4 is 10.5 Å². The number of nitrogens with zero attached hydrogens (tertiary/aromatic N) is 2. The zero-order chi connectivity index (χ0) is 15.2. The number of hydrogen-bond donors (Lipinski definition) is 1. The molecule has 1 aliphatic heterocycles. The first-order chi connectivity index (χ1) is 10.2. The minimum Gasteiger partial charge on any atom is -0.494 e. The number of rotatable bonds is 5. The smallest absolute Gasteiger partial charge is 0.220 e. The van der Waals surface area contributed by atoms with Crippen molar-refractivity contribution < 1.29 is 9.53 Å². The van der Waals surface area contributed by atoms with Gasteiger partial charge in [0.05, 0.1) is 12.7 Å². The maximum Gasteiger partial charge on any atom is 0.220 e. The van der Waals surface area contributed by atoms with E-state index in [1.807, 2.05) is 31.2 Å². The quantitative estimate of drug-likeness (QED) is 0.896. The molecule has 0 saturated carbocycles. The molecule has 1 atom stereocenters. The van der Waals surface area contributed by atoms with Crippen LogP contribution in [0.3, 0.4) is 0 Å². The summed E-state index contributed by atoms with van der Waals surface area (Å²) in [6.45, 7) is 4.01. The van der Waals surface area contributed by atoms with Crippen molar-refractivity contribution in [2.24, 2.45) is 11.7 Å². The van der Waals surface area contributed by atoms with Crippen molar-refractivity contribution in [1.29, 1.82) is 5.26 Å². The van der Waals surface area contributed by atoms with E-state index in [-0.39, 0.29) is 17.9 Å². The molecule has 0 bridgehead atoms. The molecule has 1 unspecified atom stereocenters. The minimum atomic E-state index is -0.283. The van der Waals surface area contributed by atoms with Gasteiger partial charge in [-0.2, -0.15) is 5.26 Å². The predicted octanol–water partition coefficient (Wildman–Crippen LogP) is 1.85. The van der Waals surface area contributed by atoms with Crippen LogP contribution in [0.15, 0.2) is 24.3 Å². The fourth-order valence-corrected chi connectivity index (χ4v) is 2.72. The van der Waals surface area contributed by atoms with Gasteiger partial charge in [-0.05, 0) is 37.5 Å². The van der Waals surface area contributed by atoms with Crippen molar-refractivity contribution in [3.63, 3.8) is 0 Å². The van der Waals surface area contributed by atoms with Crippen molar-refractivity contribution in [1.82, 2.24) is 4.90 Å². The molecule has 0 radical (unpaired) electrons. The average Bonchev–Trinajstić information content (AvgIpc) is 2.50. The van der Waals surface area contributed by atoms with Gasteiger partial charge in [0.2, 0.25) is 5.91 Å². The third-order valence-electron chi connectivity index (χ3n) is 3.93. The Morgan fingerprint density at radius 1 is 1.43 bits per heavy atom. The van der Waals surface area contributed by atoms with Gasteiger partial charge in [0, 0.05) is 19.0 Å². The second-order valence-corrected chi connectivity index (χ2v) is 5.25. The maximum atomic E-state index is 11.2. The van der Waals surface area contributed by atoms with Crippen LogP contribution in [0, 0.1) is 17.2 Å². The van der Waals surface area contributed by atoms with Gasteiger partial charge in [0.15, 0.2) is 0 Å². The molecular formula is C16H21N3O2. The maximum absolute atomic E-state index is 11.2. The van der Waals surface area contributed by atoms with Crippen molar-refractivity contribution in [3.8, 4) is 11.8 Å². The van der Waals surface area contributed by atoms with Gasteiger partial charge in [-0.1, -0.05) is 12.1 Å². The van der Waals surface area contributed by atoms with E-state index in [2.05, 4.69) is 11.0 Å². The van der Waals surface area contributed by atoms with Gasteiger partial charge in [0.25, 0.3) is 0 Å². The number of nitrogens with two attached hydrogens (primary N) is 1. The average molecular weight is 287 g/mol. The molecule has 2 rings (SSSR count). The Kier molecular flexibility index (Phi) is 5.18. The number of amides is 1. The van der Waals surface area contributed by atoms with E-state index in [0.717, 1.165) is 37.2 Å². The van der Waals surface area contributed by atoms with E-state index in [1.54, 1.807) is 0 Å². The molecule has 0 spiro atoms. The minimum absolute atomic E-state index is 0.0547. The van der Waals surface area contributed by atoms with Crippen molar-refractivity contribution in [2.45, 2.75) is 25.8 Å². The number of piperidine rings is 1. The first kappa shape index (κ1) is 15.3. The van der Waals surface area contributed by atoms with Gasteiger partial charge >= 0.3 is 0 Å². The summed E-state index contributed by atoms with van der Waals surface area (Å²) >= 11 is 0. The number of nitriles is 1. The Morgan fingerprint density at radius 2 is 2.05 bits per heavy atom. The van der Waals surface area contributed by atoms with Crippen molar-refractivity contribution in [3.05, 3.63) is 29.8 Å². The molecule has 1 fully saturated rings. The molecule has 112 valence electrons. The first-order valence-corrected chi connectivity index (χ1v) is 7.31. The van der Waals surface area contributed by atoms with Crippen LogP contribution in [-0.2, 0) is 4.79 Å². The number of likely N-dealkylation sites (tertiary alicyclic amines) is 1. The summed E-state index contributed by atoms with van der Waals surface area (Å²) in [6.07, 6.45) is 1.45. The standard InChI is InChI=1S/C16H21N3O2/c1-2-21-14-5-3-12(4-6-14)15(11-17)19-9-7-13(8-10-19)16(18)20/h3-6,13,15H,2,7-10H2,1H3,(H2,18,20). The molecule has 1 saturated heterocycles. The van der Waals surface area contributed by atoms with Gasteiger partial charge in [-0.15, -0.1) is 0 Å². The van der Waals surface area contributed by atoms with E-state index in [4.69, 9.17) is 10.5 Å². The van der Waals surface area contributed by atoms with Crippen LogP contribution in [0.2, 0.25) is 0 Å². The molecular weight excluding hydrogens is 266 g/mol. The van der Waals surface area contributed by atoms with Gasteiger partial charge in [-0.25, -0.2) is 0 Å². The topological polar surface area (TPSA) is 79.3 Å². The molecule has 1 amide bonds. The monoisotopic (exact) mass is 287 g/mol. The van der Waals surface area contributed by atoms with Gasteiger partial charge < -0.3 is 10.5 Å². The highest BCUT2D eigenvalue weighted by Gasteiger charge is 2.28. The van der Waals surface area contributed by atoms with Crippen LogP contribution in [0.4, 0.5) is 0 Å². The number of benzene rings is 1. The largest absolute Gasteiger partial charge is 0.494 e. The summed E-state index contributed by atoms with van der Waals surface area (Å²) in [6, 6.07) is 9.71. The fourth-order valence-electron chi connectivity index (χ4n) is 2.72. The molecule has 1 aromatic carbocycles. The zero-order valence-electron chi connectivity index (χ0n) is 12.3. The highest BCUT2D eigenvalue weighted by molar-refractivity contribution is 5.76. The number of ether oxygens (including phenoxy) is 1. The van der Waals surface area contributed by atoms with Crippen LogP contribution in [0.5, 0.6) is 5.75 Å². The van der Waals surface area contributed by atoms with Gasteiger partial charge in [-0.3, -0.25) is 9.69 Å². The molecule has 1 aromatic rings. The Balaban J connectivity index is 2.03. The Labute approximate surface area is 125 Å². The van der Waals surface area contributed by atoms with Crippen LogP contribution in [-0.4, -0.2) is 30.5 Å². The number of carbonyl (C=O) groups excluding carboxylic acids is 1. The number of primary amides is 1. The lowest BCUT2D eigenvalue weighted by molar-refractivity contribution is -0.123. The highest BCUT2D eigenvalue weighted by Crippen LogP contribution is 2.27. The predicted molar refractivity (Wildman–Crippen MR) is 79.5 cm³/mol. The van der Waals surface area contributed by atoms with Crippen molar-refractivity contribution >= 4 is 5.91 Å². The third kappa shape index (κ3) is 3.73. The number of hydrogen-bond acceptors (Lipinski definition) is 4. The summed E-state index contributed by atoms with van der Waals surface area (Å²) < 4.78 is 5.41.